The first kappa shape index (κ1) is 17.0. The maximum Gasteiger partial charge on any atom is 0.274 e. The number of aromatic nitrogens is 2. The maximum atomic E-state index is 12.4. The van der Waals surface area contributed by atoms with E-state index in [2.05, 4.69) is 5.10 Å². The third-order valence-electron chi connectivity index (χ3n) is 3.39. The molecule has 1 amide bonds. The SMILES string of the molecule is COc1ccc(-n2nc(C(=O)N(C)CC(C)(C)O)cc2C)cc1. The van der Waals surface area contributed by atoms with Crippen molar-refractivity contribution in [2.75, 3.05) is 20.7 Å². The number of benzene rings is 1. The number of hydrogen-bond acceptors (Lipinski definition) is 4. The lowest BCUT2D eigenvalue weighted by molar-refractivity contribution is 0.0364. The van der Waals surface area contributed by atoms with Gasteiger partial charge in [0.1, 0.15) is 5.75 Å². The molecular formula is C17H23N3O3. The molecule has 0 atom stereocenters. The van der Waals surface area contributed by atoms with Gasteiger partial charge in [-0.1, -0.05) is 0 Å². The van der Waals surface area contributed by atoms with Crippen LogP contribution in [-0.2, 0) is 0 Å². The van der Waals surface area contributed by atoms with E-state index < -0.39 is 5.60 Å². The number of carbonyl (C=O) groups is 1. The van der Waals surface area contributed by atoms with Crippen LogP contribution in [0.3, 0.4) is 0 Å². The van der Waals surface area contributed by atoms with Gasteiger partial charge in [0.05, 0.1) is 18.4 Å². The number of methoxy groups -OCH3 is 1. The molecule has 6 heteroatoms. The summed E-state index contributed by atoms with van der Waals surface area (Å²) in [5, 5.41) is 14.2. The van der Waals surface area contributed by atoms with E-state index in [0.717, 1.165) is 17.1 Å². The first-order valence-electron chi connectivity index (χ1n) is 7.40. The van der Waals surface area contributed by atoms with Gasteiger partial charge in [-0.05, 0) is 51.1 Å². The Morgan fingerprint density at radius 3 is 2.48 bits per heavy atom. The van der Waals surface area contributed by atoms with E-state index in [0.29, 0.717) is 5.69 Å². The number of carbonyl (C=O) groups excluding carboxylic acids is 1. The van der Waals surface area contributed by atoms with Crippen molar-refractivity contribution in [2.45, 2.75) is 26.4 Å². The Hall–Kier alpha value is -2.34. The molecule has 23 heavy (non-hydrogen) atoms. The molecule has 1 N–H and O–H groups in total. The molecule has 0 aliphatic carbocycles. The number of aryl methyl sites for hydroxylation is 1. The van der Waals surface area contributed by atoms with Gasteiger partial charge in [-0.2, -0.15) is 5.10 Å². The summed E-state index contributed by atoms with van der Waals surface area (Å²) in [6.07, 6.45) is 0. The van der Waals surface area contributed by atoms with Crippen molar-refractivity contribution < 1.29 is 14.6 Å². The van der Waals surface area contributed by atoms with Crippen LogP contribution in [0.15, 0.2) is 30.3 Å². The normalized spacial score (nSPS) is 11.4. The molecule has 0 saturated carbocycles. The Balaban J connectivity index is 2.24. The van der Waals surface area contributed by atoms with Crippen molar-refractivity contribution >= 4 is 5.91 Å². The van der Waals surface area contributed by atoms with Crippen molar-refractivity contribution in [3.8, 4) is 11.4 Å². The van der Waals surface area contributed by atoms with Gasteiger partial charge in [0.25, 0.3) is 5.91 Å². The first-order chi connectivity index (χ1) is 10.7. The number of ether oxygens (including phenoxy) is 1. The van der Waals surface area contributed by atoms with Gasteiger partial charge in [0.15, 0.2) is 5.69 Å². The van der Waals surface area contributed by atoms with Crippen LogP contribution in [0.5, 0.6) is 5.75 Å². The Morgan fingerprint density at radius 2 is 1.96 bits per heavy atom. The van der Waals surface area contributed by atoms with Crippen LogP contribution in [0.4, 0.5) is 0 Å². The predicted molar refractivity (Wildman–Crippen MR) is 88.1 cm³/mol. The van der Waals surface area contributed by atoms with E-state index in [4.69, 9.17) is 4.74 Å². The lowest BCUT2D eigenvalue weighted by atomic mass is 10.1. The molecule has 1 heterocycles. The molecule has 0 fully saturated rings. The summed E-state index contributed by atoms with van der Waals surface area (Å²) in [6.45, 7) is 5.46. The Bertz CT molecular complexity index is 684. The fraction of sp³-hybridized carbons (Fsp3) is 0.412. The standard InChI is InChI=1S/C17H23N3O3/c1-12-10-15(16(21)19(4)11-17(2,3)22)18-20(12)13-6-8-14(23-5)9-7-13/h6-10,22H,11H2,1-5H3. The highest BCUT2D eigenvalue weighted by Gasteiger charge is 2.22. The largest absolute Gasteiger partial charge is 0.497 e. The number of aliphatic hydroxyl groups is 1. The lowest BCUT2D eigenvalue weighted by Gasteiger charge is -2.24. The van der Waals surface area contributed by atoms with Gasteiger partial charge >= 0.3 is 0 Å². The summed E-state index contributed by atoms with van der Waals surface area (Å²) in [6, 6.07) is 9.20. The second-order valence-electron chi connectivity index (χ2n) is 6.25. The predicted octanol–water partition coefficient (Wildman–Crippen LogP) is 2.03. The van der Waals surface area contributed by atoms with Crippen molar-refractivity contribution in [3.05, 3.63) is 41.7 Å². The average molecular weight is 317 g/mol. The highest BCUT2D eigenvalue weighted by molar-refractivity contribution is 5.92. The maximum absolute atomic E-state index is 12.4. The van der Waals surface area contributed by atoms with Gasteiger partial charge in [0, 0.05) is 19.3 Å². The van der Waals surface area contributed by atoms with E-state index in [1.54, 1.807) is 38.8 Å². The lowest BCUT2D eigenvalue weighted by Crippen LogP contribution is -2.39. The van der Waals surface area contributed by atoms with Crippen LogP contribution in [0.1, 0.15) is 30.0 Å². The molecule has 0 saturated heterocycles. The first-order valence-corrected chi connectivity index (χ1v) is 7.40. The zero-order valence-electron chi connectivity index (χ0n) is 14.2. The number of amides is 1. The van der Waals surface area contributed by atoms with Gasteiger partial charge in [-0.3, -0.25) is 4.79 Å². The summed E-state index contributed by atoms with van der Waals surface area (Å²) in [5.41, 5.74) is 1.12. The molecule has 0 aliphatic heterocycles. The second kappa shape index (κ2) is 6.42. The van der Waals surface area contributed by atoms with Gasteiger partial charge in [-0.25, -0.2) is 4.68 Å². The minimum absolute atomic E-state index is 0.220. The van der Waals surface area contributed by atoms with E-state index in [-0.39, 0.29) is 12.5 Å². The molecule has 1 aromatic heterocycles. The van der Waals surface area contributed by atoms with Crippen molar-refractivity contribution in [1.82, 2.24) is 14.7 Å². The van der Waals surface area contributed by atoms with Crippen LogP contribution in [-0.4, -0.2) is 52.0 Å². The summed E-state index contributed by atoms with van der Waals surface area (Å²) in [7, 11) is 3.27. The zero-order chi connectivity index (χ0) is 17.2. The topological polar surface area (TPSA) is 67.6 Å². The second-order valence-corrected chi connectivity index (χ2v) is 6.25. The van der Waals surface area contributed by atoms with E-state index in [1.165, 1.54) is 4.90 Å². The molecule has 0 radical (unpaired) electrons. The minimum atomic E-state index is -0.946. The fourth-order valence-electron chi connectivity index (χ4n) is 2.41. The monoisotopic (exact) mass is 317 g/mol. The number of likely N-dealkylation sites (N-methyl/N-ethyl adjacent to an activating group) is 1. The van der Waals surface area contributed by atoms with Gasteiger partial charge < -0.3 is 14.7 Å². The van der Waals surface area contributed by atoms with E-state index in [1.807, 2.05) is 31.2 Å². The minimum Gasteiger partial charge on any atom is -0.497 e. The average Bonchev–Trinajstić information content (AvgIpc) is 2.86. The molecule has 0 bridgehead atoms. The molecule has 0 unspecified atom stereocenters. The van der Waals surface area contributed by atoms with Crippen molar-refractivity contribution in [2.24, 2.45) is 0 Å². The number of hydrogen-bond donors (Lipinski definition) is 1. The molecule has 2 aromatic rings. The molecule has 124 valence electrons. The van der Waals surface area contributed by atoms with Gasteiger partial charge in [-0.15, -0.1) is 0 Å². The highest BCUT2D eigenvalue weighted by atomic mass is 16.5. The number of rotatable bonds is 5. The fourth-order valence-corrected chi connectivity index (χ4v) is 2.41. The van der Waals surface area contributed by atoms with Crippen molar-refractivity contribution in [1.29, 1.82) is 0 Å². The Labute approximate surface area is 136 Å². The summed E-state index contributed by atoms with van der Waals surface area (Å²) < 4.78 is 6.86. The molecular weight excluding hydrogens is 294 g/mol. The molecule has 6 nitrogen and oxygen atoms in total. The molecule has 0 spiro atoms. The Morgan fingerprint density at radius 1 is 1.35 bits per heavy atom. The van der Waals surface area contributed by atoms with Crippen LogP contribution < -0.4 is 4.74 Å². The summed E-state index contributed by atoms with van der Waals surface area (Å²) >= 11 is 0. The van der Waals surface area contributed by atoms with Crippen molar-refractivity contribution in [3.63, 3.8) is 0 Å². The van der Waals surface area contributed by atoms with Gasteiger partial charge in [0.2, 0.25) is 0 Å². The third kappa shape index (κ3) is 4.10. The number of nitrogens with zero attached hydrogens (tertiary/aromatic N) is 3. The van der Waals surface area contributed by atoms with Crippen LogP contribution in [0.25, 0.3) is 5.69 Å². The van der Waals surface area contributed by atoms with E-state index >= 15 is 0 Å². The van der Waals surface area contributed by atoms with Crippen LogP contribution >= 0.6 is 0 Å². The highest BCUT2D eigenvalue weighted by Crippen LogP contribution is 2.17. The summed E-state index contributed by atoms with van der Waals surface area (Å²) in [4.78, 5) is 13.9. The quantitative estimate of drug-likeness (QED) is 0.916. The third-order valence-corrected chi connectivity index (χ3v) is 3.39. The zero-order valence-corrected chi connectivity index (χ0v) is 14.2. The van der Waals surface area contributed by atoms with Crippen LogP contribution in [0.2, 0.25) is 0 Å². The Kier molecular flexibility index (Phi) is 4.75. The summed E-state index contributed by atoms with van der Waals surface area (Å²) in [5.74, 6) is 0.544. The van der Waals surface area contributed by atoms with E-state index in [9.17, 15) is 9.90 Å². The molecule has 1 aromatic carbocycles. The molecule has 2 rings (SSSR count). The van der Waals surface area contributed by atoms with Crippen LogP contribution in [0, 0.1) is 6.92 Å². The smallest absolute Gasteiger partial charge is 0.274 e. The molecule has 0 aliphatic rings.